The lowest BCUT2D eigenvalue weighted by Crippen LogP contribution is -2.50. The fourth-order valence-corrected chi connectivity index (χ4v) is 2.38. The standard InChI is InChI=1S/C16H22N2O2/c1-3-9-17-16(19)13(2)18-10-11-20-15(12-18)14-7-5-4-6-8-14/h3-8,13,15H,1,9-12H2,2H3,(H,17,19). The number of carbonyl (C=O) groups excluding carboxylic acids is 1. The Morgan fingerprint density at radius 1 is 1.55 bits per heavy atom. The lowest BCUT2D eigenvalue weighted by molar-refractivity contribution is -0.129. The Bertz CT molecular complexity index is 447. The summed E-state index contributed by atoms with van der Waals surface area (Å²) >= 11 is 0. The van der Waals surface area contributed by atoms with Crippen LogP contribution in [-0.2, 0) is 9.53 Å². The van der Waals surface area contributed by atoms with Crippen molar-refractivity contribution in [1.29, 1.82) is 0 Å². The Labute approximate surface area is 120 Å². The molecule has 2 unspecified atom stereocenters. The van der Waals surface area contributed by atoms with Gasteiger partial charge in [-0.3, -0.25) is 9.69 Å². The monoisotopic (exact) mass is 274 g/mol. The van der Waals surface area contributed by atoms with E-state index >= 15 is 0 Å². The van der Waals surface area contributed by atoms with Gasteiger partial charge in [-0.15, -0.1) is 6.58 Å². The summed E-state index contributed by atoms with van der Waals surface area (Å²) in [6.45, 7) is 8.23. The largest absolute Gasteiger partial charge is 0.371 e. The van der Waals surface area contributed by atoms with Gasteiger partial charge in [0.2, 0.25) is 5.91 Å². The number of amides is 1. The van der Waals surface area contributed by atoms with Crippen molar-refractivity contribution in [3.63, 3.8) is 0 Å². The molecule has 2 atom stereocenters. The third-order valence-corrected chi connectivity index (χ3v) is 3.62. The Kier molecular flexibility index (Phi) is 5.32. The van der Waals surface area contributed by atoms with Crippen LogP contribution >= 0.6 is 0 Å². The normalized spacial score (nSPS) is 21.1. The van der Waals surface area contributed by atoms with Gasteiger partial charge in [-0.05, 0) is 12.5 Å². The van der Waals surface area contributed by atoms with Crippen LogP contribution in [0.15, 0.2) is 43.0 Å². The van der Waals surface area contributed by atoms with E-state index < -0.39 is 0 Å². The minimum Gasteiger partial charge on any atom is -0.371 e. The molecule has 2 rings (SSSR count). The number of benzene rings is 1. The molecule has 4 heteroatoms. The molecule has 0 spiro atoms. The lowest BCUT2D eigenvalue weighted by atomic mass is 10.1. The number of morpholine rings is 1. The van der Waals surface area contributed by atoms with Gasteiger partial charge in [0, 0.05) is 19.6 Å². The molecule has 0 aliphatic carbocycles. The molecule has 20 heavy (non-hydrogen) atoms. The van der Waals surface area contributed by atoms with Crippen molar-refractivity contribution in [2.45, 2.75) is 19.1 Å². The molecule has 1 fully saturated rings. The zero-order chi connectivity index (χ0) is 14.4. The van der Waals surface area contributed by atoms with Crippen LogP contribution in [0.3, 0.4) is 0 Å². The van der Waals surface area contributed by atoms with Gasteiger partial charge in [-0.2, -0.15) is 0 Å². The van der Waals surface area contributed by atoms with E-state index in [1.165, 1.54) is 0 Å². The maximum absolute atomic E-state index is 12.0. The number of ether oxygens (including phenoxy) is 1. The van der Waals surface area contributed by atoms with Crippen molar-refractivity contribution in [2.75, 3.05) is 26.2 Å². The van der Waals surface area contributed by atoms with Crippen LogP contribution in [0.25, 0.3) is 0 Å². The molecule has 1 aliphatic rings. The number of carbonyl (C=O) groups is 1. The summed E-state index contributed by atoms with van der Waals surface area (Å²) in [6.07, 6.45) is 1.73. The number of nitrogens with one attached hydrogen (secondary N) is 1. The van der Waals surface area contributed by atoms with Crippen molar-refractivity contribution in [1.82, 2.24) is 10.2 Å². The lowest BCUT2D eigenvalue weighted by Gasteiger charge is -2.36. The number of hydrogen-bond donors (Lipinski definition) is 1. The molecule has 1 aliphatic heterocycles. The fourth-order valence-electron chi connectivity index (χ4n) is 2.38. The second-order valence-electron chi connectivity index (χ2n) is 4.97. The first kappa shape index (κ1) is 14.8. The Morgan fingerprint density at radius 3 is 3.00 bits per heavy atom. The summed E-state index contributed by atoms with van der Waals surface area (Å²) in [7, 11) is 0. The van der Waals surface area contributed by atoms with Crippen molar-refractivity contribution >= 4 is 5.91 Å². The average molecular weight is 274 g/mol. The number of hydrogen-bond acceptors (Lipinski definition) is 3. The van der Waals surface area contributed by atoms with Crippen LogP contribution in [0.4, 0.5) is 0 Å². The highest BCUT2D eigenvalue weighted by Gasteiger charge is 2.28. The van der Waals surface area contributed by atoms with Gasteiger partial charge in [-0.25, -0.2) is 0 Å². The maximum Gasteiger partial charge on any atom is 0.237 e. The van der Waals surface area contributed by atoms with Crippen LogP contribution in [0.2, 0.25) is 0 Å². The second kappa shape index (κ2) is 7.22. The highest BCUT2D eigenvalue weighted by Crippen LogP contribution is 2.23. The summed E-state index contributed by atoms with van der Waals surface area (Å²) in [6, 6.07) is 10.0. The molecule has 1 N–H and O–H groups in total. The van der Waals surface area contributed by atoms with Crippen LogP contribution in [-0.4, -0.2) is 43.1 Å². The first-order valence-corrected chi connectivity index (χ1v) is 7.01. The first-order chi connectivity index (χ1) is 9.72. The third-order valence-electron chi connectivity index (χ3n) is 3.62. The first-order valence-electron chi connectivity index (χ1n) is 7.01. The zero-order valence-electron chi connectivity index (χ0n) is 11.9. The van der Waals surface area contributed by atoms with Gasteiger partial charge in [0.1, 0.15) is 0 Å². The third kappa shape index (κ3) is 3.68. The van der Waals surface area contributed by atoms with Crippen LogP contribution < -0.4 is 5.32 Å². The van der Waals surface area contributed by atoms with E-state index in [1.54, 1.807) is 6.08 Å². The van der Waals surface area contributed by atoms with Crippen LogP contribution in [0.5, 0.6) is 0 Å². The summed E-state index contributed by atoms with van der Waals surface area (Å²) in [5.74, 6) is 0.0404. The summed E-state index contributed by atoms with van der Waals surface area (Å²) in [5.41, 5.74) is 1.16. The van der Waals surface area contributed by atoms with E-state index in [2.05, 4.69) is 28.9 Å². The molecule has 1 aromatic rings. The zero-order valence-corrected chi connectivity index (χ0v) is 11.9. The maximum atomic E-state index is 12.0. The van der Waals surface area contributed by atoms with E-state index in [0.29, 0.717) is 13.2 Å². The predicted molar refractivity (Wildman–Crippen MR) is 79.4 cm³/mol. The molecule has 1 heterocycles. The SMILES string of the molecule is C=CCNC(=O)C(C)N1CCOC(c2ccccc2)C1. The van der Waals surface area contributed by atoms with Gasteiger partial charge < -0.3 is 10.1 Å². The summed E-state index contributed by atoms with van der Waals surface area (Å²) < 4.78 is 5.82. The smallest absolute Gasteiger partial charge is 0.237 e. The van der Waals surface area contributed by atoms with Crippen molar-refractivity contribution in [3.05, 3.63) is 48.6 Å². The Morgan fingerprint density at radius 2 is 2.30 bits per heavy atom. The highest BCUT2D eigenvalue weighted by atomic mass is 16.5. The molecule has 0 saturated carbocycles. The van der Waals surface area contributed by atoms with Crippen molar-refractivity contribution in [2.24, 2.45) is 0 Å². The van der Waals surface area contributed by atoms with E-state index in [1.807, 2.05) is 25.1 Å². The van der Waals surface area contributed by atoms with Gasteiger partial charge in [0.25, 0.3) is 0 Å². The van der Waals surface area contributed by atoms with E-state index in [-0.39, 0.29) is 18.1 Å². The minimum absolute atomic E-state index is 0.0404. The molecule has 1 aromatic carbocycles. The molecular formula is C16H22N2O2. The van der Waals surface area contributed by atoms with Crippen molar-refractivity contribution in [3.8, 4) is 0 Å². The Hall–Kier alpha value is -1.65. The molecule has 0 aromatic heterocycles. The van der Waals surface area contributed by atoms with E-state index in [4.69, 9.17) is 4.74 Å². The van der Waals surface area contributed by atoms with Gasteiger partial charge in [0.05, 0.1) is 18.8 Å². The number of rotatable bonds is 5. The minimum atomic E-state index is -0.148. The van der Waals surface area contributed by atoms with Crippen molar-refractivity contribution < 1.29 is 9.53 Å². The molecule has 108 valence electrons. The predicted octanol–water partition coefficient (Wildman–Crippen LogP) is 1.75. The average Bonchev–Trinajstić information content (AvgIpc) is 2.53. The molecule has 0 bridgehead atoms. The molecule has 4 nitrogen and oxygen atoms in total. The van der Waals surface area contributed by atoms with Gasteiger partial charge >= 0.3 is 0 Å². The molecule has 0 radical (unpaired) electrons. The Balaban J connectivity index is 1.96. The quantitative estimate of drug-likeness (QED) is 0.832. The topological polar surface area (TPSA) is 41.6 Å². The number of nitrogens with zero attached hydrogens (tertiary/aromatic N) is 1. The highest BCUT2D eigenvalue weighted by molar-refractivity contribution is 5.81. The fraction of sp³-hybridized carbons (Fsp3) is 0.438. The summed E-state index contributed by atoms with van der Waals surface area (Å²) in [5, 5.41) is 2.84. The van der Waals surface area contributed by atoms with Crippen LogP contribution in [0, 0.1) is 0 Å². The molecule has 1 saturated heterocycles. The molecular weight excluding hydrogens is 252 g/mol. The summed E-state index contributed by atoms with van der Waals surface area (Å²) in [4.78, 5) is 14.2. The van der Waals surface area contributed by atoms with E-state index in [9.17, 15) is 4.79 Å². The van der Waals surface area contributed by atoms with Gasteiger partial charge in [0.15, 0.2) is 0 Å². The molecule has 1 amide bonds. The van der Waals surface area contributed by atoms with Gasteiger partial charge in [-0.1, -0.05) is 36.4 Å². The van der Waals surface area contributed by atoms with Crippen LogP contribution in [0.1, 0.15) is 18.6 Å². The van der Waals surface area contributed by atoms with E-state index in [0.717, 1.165) is 18.7 Å². The second-order valence-corrected chi connectivity index (χ2v) is 4.97.